The van der Waals surface area contributed by atoms with E-state index in [-0.39, 0.29) is 18.2 Å². The largest absolute Gasteiger partial charge is 0.326 e. The van der Waals surface area contributed by atoms with E-state index in [1.807, 2.05) is 57.2 Å². The van der Waals surface area contributed by atoms with Gasteiger partial charge in [-0.1, -0.05) is 29.5 Å². The number of halogens is 1. The zero-order valence-corrected chi connectivity index (χ0v) is 19.2. The SMILES string of the molecule is Cc1cc(C)c(NC(=O)C[C@H]2SC(=Nc3ccc(I)cc3)N(C)C2=O)c(C)c1. The molecule has 0 bridgehead atoms. The lowest BCUT2D eigenvalue weighted by Crippen LogP contribution is -2.30. The third kappa shape index (κ3) is 4.75. The minimum atomic E-state index is -0.460. The zero-order valence-electron chi connectivity index (χ0n) is 16.2. The first kappa shape index (κ1) is 20.9. The summed E-state index contributed by atoms with van der Waals surface area (Å²) in [5.41, 5.74) is 4.82. The third-order valence-electron chi connectivity index (χ3n) is 4.50. The number of amides is 2. The van der Waals surface area contributed by atoms with Crippen LogP contribution in [0.4, 0.5) is 11.4 Å². The topological polar surface area (TPSA) is 61.8 Å². The van der Waals surface area contributed by atoms with Crippen LogP contribution < -0.4 is 5.32 Å². The average molecular weight is 507 g/mol. The second kappa shape index (κ2) is 8.65. The van der Waals surface area contributed by atoms with Crippen LogP contribution in [-0.4, -0.2) is 34.2 Å². The Balaban J connectivity index is 1.70. The van der Waals surface area contributed by atoms with Crippen molar-refractivity contribution in [2.45, 2.75) is 32.4 Å². The number of aryl methyl sites for hydroxylation is 3. The minimum absolute atomic E-state index is 0.0956. The number of nitrogens with one attached hydrogen (secondary N) is 1. The molecule has 1 aliphatic rings. The molecule has 1 aliphatic heterocycles. The molecule has 3 rings (SSSR count). The van der Waals surface area contributed by atoms with Gasteiger partial charge in [-0.15, -0.1) is 0 Å². The summed E-state index contributed by atoms with van der Waals surface area (Å²) in [6, 6.07) is 11.8. The van der Waals surface area contributed by atoms with Gasteiger partial charge in [0, 0.05) is 22.7 Å². The predicted octanol–water partition coefficient (Wildman–Crippen LogP) is 4.81. The molecule has 28 heavy (non-hydrogen) atoms. The number of carbonyl (C=O) groups excluding carboxylic acids is 2. The minimum Gasteiger partial charge on any atom is -0.326 e. The van der Waals surface area contributed by atoms with Crippen LogP contribution in [0.15, 0.2) is 41.4 Å². The van der Waals surface area contributed by atoms with Crippen molar-refractivity contribution in [2.75, 3.05) is 12.4 Å². The molecule has 0 unspecified atom stereocenters. The number of nitrogens with zero attached hydrogens (tertiary/aromatic N) is 2. The van der Waals surface area contributed by atoms with E-state index in [4.69, 9.17) is 0 Å². The van der Waals surface area contributed by atoms with Crippen LogP contribution >= 0.6 is 34.4 Å². The first-order chi connectivity index (χ1) is 13.2. The fraction of sp³-hybridized carbons (Fsp3) is 0.286. The van der Waals surface area contributed by atoms with Gasteiger partial charge in [-0.25, -0.2) is 4.99 Å². The van der Waals surface area contributed by atoms with Gasteiger partial charge in [-0.3, -0.25) is 14.5 Å². The van der Waals surface area contributed by atoms with Crippen LogP contribution in [0.5, 0.6) is 0 Å². The molecule has 1 fully saturated rings. The number of benzene rings is 2. The molecule has 0 radical (unpaired) electrons. The highest BCUT2D eigenvalue weighted by Crippen LogP contribution is 2.31. The Morgan fingerprint density at radius 2 is 1.79 bits per heavy atom. The Hall–Kier alpha value is -1.87. The molecule has 2 amide bonds. The van der Waals surface area contributed by atoms with Gasteiger partial charge < -0.3 is 5.32 Å². The molecule has 1 atom stereocenters. The van der Waals surface area contributed by atoms with Crippen LogP contribution in [0, 0.1) is 24.3 Å². The molecule has 5 nitrogen and oxygen atoms in total. The van der Waals surface area contributed by atoms with Gasteiger partial charge >= 0.3 is 0 Å². The Bertz CT molecular complexity index is 934. The van der Waals surface area contributed by atoms with Crippen molar-refractivity contribution in [3.63, 3.8) is 0 Å². The van der Waals surface area contributed by atoms with E-state index in [0.717, 1.165) is 31.6 Å². The van der Waals surface area contributed by atoms with Gasteiger partial charge in [-0.2, -0.15) is 0 Å². The molecule has 1 heterocycles. The Labute approximate surface area is 183 Å². The maximum absolute atomic E-state index is 12.6. The number of hydrogen-bond acceptors (Lipinski definition) is 4. The van der Waals surface area contributed by atoms with E-state index in [1.165, 1.54) is 16.7 Å². The number of anilines is 1. The highest BCUT2D eigenvalue weighted by molar-refractivity contribution is 14.1. The lowest BCUT2D eigenvalue weighted by Gasteiger charge is -2.14. The number of thioether (sulfide) groups is 1. The van der Waals surface area contributed by atoms with Gasteiger partial charge in [0.05, 0.1) is 5.69 Å². The number of rotatable bonds is 4. The van der Waals surface area contributed by atoms with E-state index in [2.05, 4.69) is 32.9 Å². The van der Waals surface area contributed by atoms with E-state index >= 15 is 0 Å². The smallest absolute Gasteiger partial charge is 0.242 e. The summed E-state index contributed by atoms with van der Waals surface area (Å²) in [6.45, 7) is 5.99. The van der Waals surface area contributed by atoms with Crippen molar-refractivity contribution in [1.29, 1.82) is 0 Å². The van der Waals surface area contributed by atoms with Crippen molar-refractivity contribution in [2.24, 2.45) is 4.99 Å². The Morgan fingerprint density at radius 3 is 2.39 bits per heavy atom. The van der Waals surface area contributed by atoms with Crippen molar-refractivity contribution < 1.29 is 9.59 Å². The molecule has 0 spiro atoms. The monoisotopic (exact) mass is 507 g/mol. The van der Waals surface area contributed by atoms with Gasteiger partial charge in [0.15, 0.2) is 5.17 Å². The van der Waals surface area contributed by atoms with Crippen LogP contribution in [-0.2, 0) is 9.59 Å². The van der Waals surface area contributed by atoms with Gasteiger partial charge in [0.1, 0.15) is 5.25 Å². The van der Waals surface area contributed by atoms with Gasteiger partial charge in [0.25, 0.3) is 0 Å². The number of amidine groups is 1. The molecule has 1 N–H and O–H groups in total. The third-order valence-corrected chi connectivity index (χ3v) is 6.45. The van der Waals surface area contributed by atoms with Crippen LogP contribution in [0.1, 0.15) is 23.1 Å². The van der Waals surface area contributed by atoms with Crippen LogP contribution in [0.25, 0.3) is 0 Å². The molecule has 0 saturated carbocycles. The van der Waals surface area contributed by atoms with Crippen molar-refractivity contribution in [3.05, 3.63) is 56.7 Å². The summed E-state index contributed by atoms with van der Waals surface area (Å²) in [5, 5.41) is 3.13. The second-order valence-corrected chi connectivity index (χ2v) is 9.32. The number of aliphatic imine (C=N–C) groups is 1. The summed E-state index contributed by atoms with van der Waals surface area (Å²) >= 11 is 3.58. The lowest BCUT2D eigenvalue weighted by molar-refractivity contribution is -0.127. The highest BCUT2D eigenvalue weighted by atomic mass is 127. The maximum atomic E-state index is 12.6. The lowest BCUT2D eigenvalue weighted by atomic mass is 10.0. The van der Waals surface area contributed by atoms with Gasteiger partial charge in [0.2, 0.25) is 11.8 Å². The van der Waals surface area contributed by atoms with Crippen LogP contribution in [0.3, 0.4) is 0 Å². The normalized spacial score (nSPS) is 18.0. The van der Waals surface area contributed by atoms with E-state index in [9.17, 15) is 9.59 Å². The highest BCUT2D eigenvalue weighted by Gasteiger charge is 2.37. The molecule has 0 aromatic heterocycles. The first-order valence-corrected chi connectivity index (χ1v) is 10.9. The second-order valence-electron chi connectivity index (χ2n) is 6.90. The summed E-state index contributed by atoms with van der Waals surface area (Å²) in [7, 11) is 1.70. The molecule has 2 aromatic carbocycles. The van der Waals surface area contributed by atoms with E-state index in [0.29, 0.717) is 5.17 Å². The molecule has 2 aromatic rings. The fourth-order valence-corrected chi connectivity index (χ4v) is 4.67. The summed E-state index contributed by atoms with van der Waals surface area (Å²) in [6.07, 6.45) is 0.117. The first-order valence-electron chi connectivity index (χ1n) is 8.91. The quantitative estimate of drug-likeness (QED) is 0.605. The van der Waals surface area contributed by atoms with Crippen molar-refractivity contribution in [1.82, 2.24) is 4.90 Å². The van der Waals surface area contributed by atoms with E-state index < -0.39 is 5.25 Å². The molecule has 146 valence electrons. The van der Waals surface area contributed by atoms with Crippen molar-refractivity contribution >= 4 is 62.7 Å². The molecule has 0 aliphatic carbocycles. The maximum Gasteiger partial charge on any atom is 0.242 e. The predicted molar refractivity (Wildman–Crippen MR) is 124 cm³/mol. The van der Waals surface area contributed by atoms with Gasteiger partial charge in [-0.05, 0) is 78.8 Å². The zero-order chi connectivity index (χ0) is 20.4. The molecule has 1 saturated heterocycles. The average Bonchev–Trinajstić information content (AvgIpc) is 2.88. The Morgan fingerprint density at radius 1 is 1.18 bits per heavy atom. The fourth-order valence-electron chi connectivity index (χ4n) is 3.16. The number of carbonyl (C=O) groups is 2. The molecule has 7 heteroatoms. The van der Waals surface area contributed by atoms with Crippen LogP contribution in [0.2, 0.25) is 0 Å². The van der Waals surface area contributed by atoms with E-state index in [1.54, 1.807) is 7.05 Å². The molecular formula is C21H22IN3O2S. The summed E-state index contributed by atoms with van der Waals surface area (Å²) in [5.74, 6) is -0.258. The summed E-state index contributed by atoms with van der Waals surface area (Å²) < 4.78 is 1.13. The Kier molecular flexibility index (Phi) is 6.44. The number of hydrogen-bond donors (Lipinski definition) is 1. The van der Waals surface area contributed by atoms with Crippen molar-refractivity contribution in [3.8, 4) is 0 Å². The molecular weight excluding hydrogens is 485 g/mol. The standard InChI is InChI=1S/C21H22IN3O2S/c1-12-9-13(2)19(14(3)10-12)24-18(26)11-17-20(27)25(4)21(28-17)23-16-7-5-15(22)6-8-16/h5-10,17H,11H2,1-4H3,(H,24,26)/t17-/m1/s1. The summed E-state index contributed by atoms with van der Waals surface area (Å²) in [4.78, 5) is 31.2.